The second kappa shape index (κ2) is 54.3. The topological polar surface area (TPSA) is 77.8 Å². The van der Waals surface area contributed by atoms with Crippen LogP contribution in [0.3, 0.4) is 0 Å². The van der Waals surface area contributed by atoms with E-state index < -0.39 is 12.0 Å². The van der Waals surface area contributed by atoms with Crippen LogP contribution in [0, 0.1) is 59.2 Å². The van der Waals surface area contributed by atoms with Gasteiger partial charge in [-0.05, 0) is 187 Å². The van der Waals surface area contributed by atoms with Gasteiger partial charge in [0.1, 0.15) is 14.4 Å². The zero-order chi connectivity index (χ0) is 73.6. The molecule has 544 valence electrons. The van der Waals surface area contributed by atoms with Crippen molar-refractivity contribution in [2.75, 3.05) is 6.54 Å². The van der Waals surface area contributed by atoms with Crippen LogP contribution >= 0.6 is 34.0 Å². The van der Waals surface area contributed by atoms with E-state index in [0.29, 0.717) is 42.4 Å². The number of aliphatic hydroxyl groups is 1. The lowest BCUT2D eigenvalue weighted by molar-refractivity contribution is -0.143. The summed E-state index contributed by atoms with van der Waals surface area (Å²) in [5, 5.41) is 17.4. The number of rotatable bonds is 30. The van der Waals surface area contributed by atoms with Gasteiger partial charge in [-0.3, -0.25) is 9.59 Å². The van der Waals surface area contributed by atoms with Crippen LogP contribution in [-0.4, -0.2) is 53.4 Å². The third-order valence-electron chi connectivity index (χ3n) is 16.0. The molecular formula is C88H142BNO4S3. The predicted octanol–water partition coefficient (Wildman–Crippen LogP) is 26.3. The van der Waals surface area contributed by atoms with E-state index >= 15 is 0 Å². The van der Waals surface area contributed by atoms with Gasteiger partial charge in [0.15, 0.2) is 0 Å². The molecule has 1 aliphatic heterocycles. The molecule has 97 heavy (non-hydrogen) atoms. The first-order chi connectivity index (χ1) is 45.6. The Morgan fingerprint density at radius 2 is 1.00 bits per heavy atom. The highest BCUT2D eigenvalue weighted by Gasteiger charge is 2.30. The van der Waals surface area contributed by atoms with E-state index in [1.807, 2.05) is 34.0 Å². The fourth-order valence-electron chi connectivity index (χ4n) is 10.1. The number of aryl methyl sites for hydroxylation is 2. The van der Waals surface area contributed by atoms with Crippen molar-refractivity contribution in [1.29, 1.82) is 0 Å². The Bertz CT molecular complexity index is 2820. The summed E-state index contributed by atoms with van der Waals surface area (Å²) in [5.74, 6) is 14.2. The Kier molecular flexibility index (Phi) is 51.8. The van der Waals surface area contributed by atoms with E-state index in [1.54, 1.807) is 11.0 Å². The molecule has 1 saturated heterocycles. The lowest BCUT2D eigenvalue weighted by Gasteiger charge is -2.20. The minimum Gasteiger partial charge on any atom is -0.480 e. The summed E-state index contributed by atoms with van der Waals surface area (Å²) in [6, 6.07) is 30.2. The van der Waals surface area contributed by atoms with Crippen molar-refractivity contribution in [3.63, 3.8) is 0 Å². The summed E-state index contributed by atoms with van der Waals surface area (Å²) in [6.07, 6.45) is 28.0. The molecule has 0 unspecified atom stereocenters. The van der Waals surface area contributed by atoms with Crippen molar-refractivity contribution in [2.24, 2.45) is 47.3 Å². The number of hydrogen-bond acceptors (Lipinski definition) is 6. The van der Waals surface area contributed by atoms with Crippen molar-refractivity contribution < 1.29 is 19.8 Å². The van der Waals surface area contributed by atoms with Crippen LogP contribution in [0.15, 0.2) is 103 Å². The third-order valence-corrected chi connectivity index (χ3v) is 20.1. The molecular weight excluding hydrogens is 1240 g/mol. The highest BCUT2D eigenvalue weighted by molar-refractivity contribution is 7.13. The van der Waals surface area contributed by atoms with E-state index in [4.69, 9.17) is 18.1 Å². The van der Waals surface area contributed by atoms with Gasteiger partial charge in [-0.1, -0.05) is 290 Å². The van der Waals surface area contributed by atoms with Gasteiger partial charge < -0.3 is 15.1 Å². The average molecular weight is 1390 g/mol. The number of aliphatic hydroxyl groups excluding tert-OH is 1. The number of likely N-dealkylation sites (tertiary alicyclic amines) is 1. The number of carboxylic acids is 1. The van der Waals surface area contributed by atoms with Gasteiger partial charge in [-0.25, -0.2) is 0 Å². The molecule has 3 aromatic heterocycles. The highest BCUT2D eigenvalue weighted by Crippen LogP contribution is 2.28. The molecule has 9 heteroatoms. The second-order valence-corrected chi connectivity index (χ2v) is 34.9. The summed E-state index contributed by atoms with van der Waals surface area (Å²) >= 11 is 5.72. The van der Waals surface area contributed by atoms with E-state index in [2.05, 4.69) is 275 Å². The number of aliphatic carboxylic acids is 1. The summed E-state index contributed by atoms with van der Waals surface area (Å²) in [5.41, 5.74) is 5.85. The van der Waals surface area contributed by atoms with E-state index in [0.717, 1.165) is 47.8 Å². The van der Waals surface area contributed by atoms with Crippen molar-refractivity contribution in [2.45, 2.75) is 311 Å². The molecule has 4 heterocycles. The number of unbranched alkanes of at least 4 members (excludes halogenated alkanes) is 3. The van der Waals surface area contributed by atoms with Crippen LogP contribution in [0.1, 0.15) is 325 Å². The molecule has 1 amide bonds. The SMILES string of the molecule is CC(C)C/C=C\c1ccc(C(C)C)s1.CC(C)CC#Cc1ccc(C(C)C)s1.CC(C)CCCCCCC(C)C.CC(C)CCCc1ccc(C(C)C)s1.CC(C)CCc1ccc(C(C)C)cc1.CC(C)Cc1ccc(CC(C)C)cc1.[B][C@@H](O)/C=C/[C@H]1CCC(=O)N1CC(=O)O. The van der Waals surface area contributed by atoms with Gasteiger partial charge in [0.25, 0.3) is 0 Å². The molecule has 0 bridgehead atoms. The molecule has 5 nitrogen and oxygen atoms in total. The minimum atomic E-state index is -1.08. The number of allylic oxidation sites excluding steroid dienone is 1. The zero-order valence-electron chi connectivity index (χ0n) is 66.2. The first-order valence-corrected chi connectivity index (χ1v) is 40.3. The fourth-order valence-corrected chi connectivity index (χ4v) is 13.0. The average Bonchev–Trinajstić information content (AvgIpc) is 1.80. The summed E-state index contributed by atoms with van der Waals surface area (Å²) in [7, 11) is 5.10. The highest BCUT2D eigenvalue weighted by atomic mass is 32.1. The zero-order valence-corrected chi connectivity index (χ0v) is 68.6. The van der Waals surface area contributed by atoms with E-state index in [-0.39, 0.29) is 18.5 Å². The maximum Gasteiger partial charge on any atom is 0.323 e. The normalized spacial score (nSPS) is 13.3. The molecule has 2 atom stereocenters. The lowest BCUT2D eigenvalue weighted by Crippen LogP contribution is -2.36. The molecule has 0 saturated carbocycles. The van der Waals surface area contributed by atoms with Crippen molar-refractivity contribution in [3.8, 4) is 11.8 Å². The Labute approximate surface area is 611 Å². The number of amides is 1. The third kappa shape index (κ3) is 50.5. The standard InChI is InChI=1S/2C14H22.C13H22S.C13H20S.C13H18S.C12H26.C9H12BNO4/c1-11(2)9-13-5-7-14(8-6-13)10-12(3)4;1-11(2)5-6-13-7-9-14(10-8-13)12(3)4;3*1-10(2)6-5-7-12-8-9-13(14-12)11(3)4;1-11(2)9-7-5-6-8-10-12(3)4;10-7(12)3-1-6-2-4-8(13)11(6)5-9(14)15/h5-8,11-12H,9-10H2,1-4H3;7-12H,5-6H2,1-4H3;8-11H,5-7H2,1-4H3;5,7-11H,6H2,1-4H3;8-11H,6H2,1-4H3;11-12H,5-10H2,1-4H3;1,3,6-7,12H,2,4-5H2,(H,14,15)/b;;;7-5-;;;3-1+/t;;;;;;6-,7-/m......0/s1. The van der Waals surface area contributed by atoms with Crippen LogP contribution in [0.2, 0.25) is 0 Å². The molecule has 6 rings (SSSR count). The Morgan fingerprint density at radius 3 is 1.42 bits per heavy atom. The van der Waals surface area contributed by atoms with Gasteiger partial charge in [-0.15, -0.1) is 34.0 Å². The Hall–Kier alpha value is -4.46. The molecule has 2 N–H and O–H groups in total. The van der Waals surface area contributed by atoms with E-state index in [9.17, 15) is 9.59 Å². The van der Waals surface area contributed by atoms with Crippen LogP contribution < -0.4 is 0 Å². The van der Waals surface area contributed by atoms with Gasteiger partial charge >= 0.3 is 5.97 Å². The number of thiophene rings is 3. The van der Waals surface area contributed by atoms with Crippen molar-refractivity contribution >= 4 is 59.8 Å². The summed E-state index contributed by atoms with van der Waals surface area (Å²) < 4.78 is 0. The smallest absolute Gasteiger partial charge is 0.323 e. The lowest BCUT2D eigenvalue weighted by atomic mass is 9.98. The quantitative estimate of drug-likeness (QED) is 0.0208. The monoisotopic (exact) mass is 1380 g/mol. The summed E-state index contributed by atoms with van der Waals surface area (Å²) in [6.45, 7) is 54.0. The molecule has 0 spiro atoms. The number of hydrogen-bond donors (Lipinski definition) is 2. The van der Waals surface area contributed by atoms with E-state index in [1.165, 1.54) is 148 Å². The summed E-state index contributed by atoms with van der Waals surface area (Å²) in [4.78, 5) is 31.7. The number of benzene rings is 2. The van der Waals surface area contributed by atoms with Crippen LogP contribution in [0.25, 0.3) is 6.08 Å². The van der Waals surface area contributed by atoms with Gasteiger partial charge in [0.2, 0.25) is 5.91 Å². The fraction of sp³-hybridized carbons (Fsp3) is 0.636. The van der Waals surface area contributed by atoms with Gasteiger partial charge in [0, 0.05) is 43.2 Å². The Balaban J connectivity index is 0.00000111. The number of nitrogens with zero attached hydrogens (tertiary/aromatic N) is 1. The van der Waals surface area contributed by atoms with Crippen molar-refractivity contribution in [1.82, 2.24) is 4.90 Å². The van der Waals surface area contributed by atoms with Crippen LogP contribution in [-0.2, 0) is 35.3 Å². The Morgan fingerprint density at radius 1 is 0.526 bits per heavy atom. The molecule has 0 aliphatic carbocycles. The van der Waals surface area contributed by atoms with Crippen molar-refractivity contribution in [3.05, 3.63) is 155 Å². The molecule has 2 radical (unpaired) electrons. The second-order valence-electron chi connectivity index (χ2n) is 31.4. The molecule has 1 fully saturated rings. The van der Waals surface area contributed by atoms with Gasteiger partial charge in [-0.2, -0.15) is 0 Å². The predicted molar refractivity (Wildman–Crippen MR) is 436 cm³/mol. The maximum absolute atomic E-state index is 11.3. The van der Waals surface area contributed by atoms with Crippen LogP contribution in [0.4, 0.5) is 0 Å². The maximum atomic E-state index is 11.3. The first kappa shape index (κ1) is 92.5. The number of carbonyl (C=O) groups excluding carboxylic acids is 1. The minimum absolute atomic E-state index is 0.182. The van der Waals surface area contributed by atoms with Gasteiger partial charge in [0.05, 0.1) is 10.9 Å². The molecule has 2 aromatic carbocycles. The molecule has 5 aromatic rings. The van der Waals surface area contributed by atoms with Crippen LogP contribution in [0.5, 0.6) is 0 Å². The molecule has 1 aliphatic rings. The first-order valence-electron chi connectivity index (χ1n) is 37.8. The number of carboxylic acid groups (broad SMARTS) is 1. The largest absolute Gasteiger partial charge is 0.480 e. The number of carbonyl (C=O) groups is 2.